The van der Waals surface area contributed by atoms with E-state index in [9.17, 15) is 0 Å². The van der Waals surface area contributed by atoms with Crippen LogP contribution in [0.2, 0.25) is 0 Å². The fourth-order valence-electron chi connectivity index (χ4n) is 3.08. The average molecular weight is 336 g/mol. The Morgan fingerprint density at radius 3 is 2.94 bits per heavy atom. The van der Waals surface area contributed by atoms with Crippen molar-refractivity contribution in [1.29, 1.82) is 0 Å². The van der Waals surface area contributed by atoms with Gasteiger partial charge in [-0.1, -0.05) is 0 Å². The second-order valence-electron chi connectivity index (χ2n) is 5.27. The molecule has 0 radical (unpaired) electrons. The van der Waals surface area contributed by atoms with Gasteiger partial charge < -0.3 is 5.32 Å². The molecular formula is C12H20BrClN4. The second kappa shape index (κ2) is 5.90. The molecule has 2 saturated heterocycles. The minimum atomic E-state index is 0. The van der Waals surface area contributed by atoms with Gasteiger partial charge in [-0.15, -0.1) is 12.4 Å². The van der Waals surface area contributed by atoms with E-state index in [1.165, 1.54) is 38.3 Å². The molecule has 0 bridgehead atoms. The average Bonchev–Trinajstić information content (AvgIpc) is 2.90. The summed E-state index contributed by atoms with van der Waals surface area (Å²) in [4.78, 5) is 2.57. The highest BCUT2D eigenvalue weighted by Crippen LogP contribution is 2.28. The predicted octanol–water partition coefficient (Wildman–Crippen LogP) is 1.65. The van der Waals surface area contributed by atoms with Crippen LogP contribution < -0.4 is 5.32 Å². The van der Waals surface area contributed by atoms with Crippen LogP contribution in [-0.2, 0) is 13.6 Å². The lowest BCUT2D eigenvalue weighted by Crippen LogP contribution is -2.39. The summed E-state index contributed by atoms with van der Waals surface area (Å²) in [6.45, 7) is 5.90. The van der Waals surface area contributed by atoms with Crippen LogP contribution >= 0.6 is 28.3 Å². The summed E-state index contributed by atoms with van der Waals surface area (Å²) in [5, 5.41) is 7.79. The van der Waals surface area contributed by atoms with Gasteiger partial charge >= 0.3 is 0 Å². The van der Waals surface area contributed by atoms with Gasteiger partial charge in [0, 0.05) is 20.1 Å². The highest BCUT2D eigenvalue weighted by atomic mass is 79.9. The molecule has 4 nitrogen and oxygen atoms in total. The maximum atomic E-state index is 4.28. The SMILES string of the molecule is Cl.Cn1ncc(Br)c1CN1CCC2CNCC2C1. The number of rotatable bonds is 2. The number of fused-ring (bicyclic) bond motifs is 1. The van der Waals surface area contributed by atoms with E-state index in [4.69, 9.17) is 0 Å². The van der Waals surface area contributed by atoms with Gasteiger partial charge in [0.15, 0.2) is 0 Å². The molecule has 2 aliphatic heterocycles. The van der Waals surface area contributed by atoms with Gasteiger partial charge in [-0.05, 0) is 53.8 Å². The molecule has 102 valence electrons. The summed E-state index contributed by atoms with van der Waals surface area (Å²) in [5.41, 5.74) is 1.29. The van der Waals surface area contributed by atoms with E-state index in [-0.39, 0.29) is 12.4 Å². The Morgan fingerprint density at radius 2 is 2.22 bits per heavy atom. The van der Waals surface area contributed by atoms with Crippen molar-refractivity contribution in [3.63, 3.8) is 0 Å². The fraction of sp³-hybridized carbons (Fsp3) is 0.750. The molecule has 2 unspecified atom stereocenters. The number of piperidine rings is 1. The molecule has 3 heterocycles. The van der Waals surface area contributed by atoms with Crippen molar-refractivity contribution >= 4 is 28.3 Å². The Bertz CT molecular complexity index is 389. The van der Waals surface area contributed by atoms with Crippen LogP contribution in [0, 0.1) is 11.8 Å². The van der Waals surface area contributed by atoms with Crippen molar-refractivity contribution in [2.75, 3.05) is 26.2 Å². The van der Waals surface area contributed by atoms with Crippen LogP contribution in [-0.4, -0.2) is 40.9 Å². The molecule has 1 aromatic rings. The van der Waals surface area contributed by atoms with Gasteiger partial charge in [-0.25, -0.2) is 0 Å². The predicted molar refractivity (Wildman–Crippen MR) is 77.9 cm³/mol. The minimum absolute atomic E-state index is 0. The number of aromatic nitrogens is 2. The molecule has 18 heavy (non-hydrogen) atoms. The maximum absolute atomic E-state index is 4.28. The highest BCUT2D eigenvalue weighted by molar-refractivity contribution is 9.10. The minimum Gasteiger partial charge on any atom is -0.316 e. The molecule has 6 heteroatoms. The van der Waals surface area contributed by atoms with Gasteiger partial charge in [0.25, 0.3) is 0 Å². The summed E-state index contributed by atoms with van der Waals surface area (Å²) in [6.07, 6.45) is 3.23. The number of aryl methyl sites for hydroxylation is 1. The van der Waals surface area contributed by atoms with Crippen LogP contribution in [0.3, 0.4) is 0 Å². The molecule has 0 spiro atoms. The molecule has 1 aromatic heterocycles. The topological polar surface area (TPSA) is 33.1 Å². The van der Waals surface area contributed by atoms with Crippen LogP contribution in [0.15, 0.2) is 10.7 Å². The third kappa shape index (κ3) is 2.74. The first-order chi connectivity index (χ1) is 8.24. The lowest BCUT2D eigenvalue weighted by atomic mass is 9.89. The number of nitrogens with zero attached hydrogens (tertiary/aromatic N) is 3. The zero-order valence-corrected chi connectivity index (χ0v) is 13.0. The first-order valence-electron chi connectivity index (χ1n) is 6.33. The first-order valence-corrected chi connectivity index (χ1v) is 7.13. The summed E-state index contributed by atoms with van der Waals surface area (Å²) in [6, 6.07) is 0. The zero-order valence-electron chi connectivity index (χ0n) is 10.6. The summed E-state index contributed by atoms with van der Waals surface area (Å²) in [7, 11) is 2.02. The quantitative estimate of drug-likeness (QED) is 0.892. The maximum Gasteiger partial charge on any atom is 0.0663 e. The first kappa shape index (κ1) is 14.3. The van der Waals surface area contributed by atoms with Crippen LogP contribution in [0.4, 0.5) is 0 Å². The molecule has 3 rings (SSSR count). The van der Waals surface area contributed by atoms with Crippen LogP contribution in [0.1, 0.15) is 12.1 Å². The number of halogens is 2. The Kier molecular flexibility index (Phi) is 4.69. The number of hydrogen-bond donors (Lipinski definition) is 1. The van der Waals surface area contributed by atoms with E-state index in [1.807, 2.05) is 17.9 Å². The van der Waals surface area contributed by atoms with Crippen molar-refractivity contribution in [3.8, 4) is 0 Å². The van der Waals surface area contributed by atoms with Gasteiger partial charge in [0.1, 0.15) is 0 Å². The lowest BCUT2D eigenvalue weighted by molar-refractivity contribution is 0.139. The standard InChI is InChI=1S/C12H19BrN4.ClH/c1-16-12(11(13)6-15-16)8-17-3-2-9-4-14-5-10(9)7-17;/h6,9-10,14H,2-5,7-8H2,1H3;1H. The zero-order chi connectivity index (χ0) is 11.8. The van der Waals surface area contributed by atoms with Crippen molar-refractivity contribution in [3.05, 3.63) is 16.4 Å². The van der Waals surface area contributed by atoms with E-state index in [0.29, 0.717) is 0 Å². The van der Waals surface area contributed by atoms with E-state index in [2.05, 4.69) is 31.2 Å². The Labute approximate surface area is 123 Å². The van der Waals surface area contributed by atoms with E-state index in [1.54, 1.807) is 0 Å². The van der Waals surface area contributed by atoms with E-state index < -0.39 is 0 Å². The smallest absolute Gasteiger partial charge is 0.0663 e. The van der Waals surface area contributed by atoms with Crippen molar-refractivity contribution in [2.24, 2.45) is 18.9 Å². The largest absolute Gasteiger partial charge is 0.316 e. The van der Waals surface area contributed by atoms with Crippen molar-refractivity contribution in [2.45, 2.75) is 13.0 Å². The summed E-state index contributed by atoms with van der Waals surface area (Å²) < 4.78 is 3.11. The summed E-state index contributed by atoms with van der Waals surface area (Å²) in [5.74, 6) is 1.77. The molecule has 1 N–H and O–H groups in total. The number of nitrogens with one attached hydrogen (secondary N) is 1. The lowest BCUT2D eigenvalue weighted by Gasteiger charge is -2.34. The third-order valence-corrected chi connectivity index (χ3v) is 4.83. The fourth-order valence-corrected chi connectivity index (χ4v) is 3.55. The molecule has 2 atom stereocenters. The number of hydrogen-bond acceptors (Lipinski definition) is 3. The third-order valence-electron chi connectivity index (χ3n) is 4.17. The van der Waals surface area contributed by atoms with Crippen molar-refractivity contribution < 1.29 is 0 Å². The highest BCUT2D eigenvalue weighted by Gasteiger charge is 2.32. The van der Waals surface area contributed by atoms with Gasteiger partial charge in [-0.3, -0.25) is 9.58 Å². The molecule has 2 aliphatic rings. The van der Waals surface area contributed by atoms with E-state index >= 15 is 0 Å². The van der Waals surface area contributed by atoms with Crippen molar-refractivity contribution in [1.82, 2.24) is 20.0 Å². The molecule has 0 aliphatic carbocycles. The van der Waals surface area contributed by atoms with Gasteiger partial charge in [0.2, 0.25) is 0 Å². The second-order valence-corrected chi connectivity index (χ2v) is 6.12. The molecule has 0 amide bonds. The monoisotopic (exact) mass is 334 g/mol. The normalized spacial score (nSPS) is 27.9. The Hall–Kier alpha value is -0.100. The molecule has 0 saturated carbocycles. The van der Waals surface area contributed by atoms with Crippen LogP contribution in [0.5, 0.6) is 0 Å². The molecular weight excluding hydrogens is 316 g/mol. The summed E-state index contributed by atoms with van der Waals surface area (Å²) >= 11 is 3.58. The Balaban J connectivity index is 0.00000120. The molecule has 2 fully saturated rings. The van der Waals surface area contributed by atoms with Gasteiger partial charge in [-0.2, -0.15) is 5.10 Å². The van der Waals surface area contributed by atoms with E-state index in [0.717, 1.165) is 22.9 Å². The van der Waals surface area contributed by atoms with Crippen LogP contribution in [0.25, 0.3) is 0 Å². The van der Waals surface area contributed by atoms with Gasteiger partial charge in [0.05, 0.1) is 16.4 Å². The Morgan fingerprint density at radius 1 is 1.44 bits per heavy atom. The molecule has 0 aromatic carbocycles. The number of likely N-dealkylation sites (tertiary alicyclic amines) is 1.